The molecule has 0 saturated carbocycles. The summed E-state index contributed by atoms with van der Waals surface area (Å²) < 4.78 is 1.55. The molecule has 1 aromatic carbocycles. The third-order valence-electron chi connectivity index (χ3n) is 3.13. The molecule has 5 heteroatoms. The molecule has 0 aliphatic rings. The molecule has 0 radical (unpaired) electrons. The lowest BCUT2D eigenvalue weighted by Crippen LogP contribution is -2.03. The van der Waals surface area contributed by atoms with Crippen molar-refractivity contribution in [2.45, 2.75) is 33.2 Å². The second-order valence-electron chi connectivity index (χ2n) is 5.15. The molecular weight excluding hydrogens is 276 g/mol. The standard InChI is InChI=1S/C15H17ClN2O2/c1-9(2)13-12(15(19)20)14(16)18(17-13)8-11-6-4-10(3)5-7-11/h4-7,9H,8H2,1-3H3,(H,19,20). The number of benzene rings is 1. The minimum Gasteiger partial charge on any atom is -0.478 e. The van der Waals surface area contributed by atoms with Crippen LogP contribution >= 0.6 is 11.6 Å². The van der Waals surface area contributed by atoms with E-state index in [1.165, 1.54) is 5.56 Å². The Kier molecular flexibility index (Phi) is 4.14. The first kappa shape index (κ1) is 14.6. The molecule has 20 heavy (non-hydrogen) atoms. The van der Waals surface area contributed by atoms with Crippen LogP contribution in [0.25, 0.3) is 0 Å². The SMILES string of the molecule is Cc1ccc(Cn2nc(C(C)C)c(C(=O)O)c2Cl)cc1. The Labute approximate surface area is 123 Å². The van der Waals surface area contributed by atoms with Crippen LogP contribution in [0.15, 0.2) is 24.3 Å². The van der Waals surface area contributed by atoms with Crippen LogP contribution in [0, 0.1) is 6.92 Å². The van der Waals surface area contributed by atoms with Gasteiger partial charge < -0.3 is 5.11 Å². The number of carboxylic acids is 1. The molecular formula is C15H17ClN2O2. The van der Waals surface area contributed by atoms with Gasteiger partial charge in [-0.05, 0) is 18.4 Å². The lowest BCUT2D eigenvalue weighted by atomic mass is 10.1. The highest BCUT2D eigenvalue weighted by molar-refractivity contribution is 6.32. The maximum atomic E-state index is 11.3. The molecule has 0 saturated heterocycles. The molecule has 0 atom stereocenters. The first-order valence-electron chi connectivity index (χ1n) is 6.45. The quantitative estimate of drug-likeness (QED) is 0.934. The van der Waals surface area contributed by atoms with Crippen molar-refractivity contribution in [1.82, 2.24) is 9.78 Å². The number of halogens is 1. The lowest BCUT2D eigenvalue weighted by molar-refractivity contribution is 0.0695. The normalized spacial score (nSPS) is 11.1. The van der Waals surface area contributed by atoms with Gasteiger partial charge in [-0.2, -0.15) is 5.10 Å². The number of hydrogen-bond donors (Lipinski definition) is 1. The fourth-order valence-electron chi connectivity index (χ4n) is 2.03. The smallest absolute Gasteiger partial charge is 0.340 e. The van der Waals surface area contributed by atoms with E-state index in [1.54, 1.807) is 4.68 Å². The van der Waals surface area contributed by atoms with Gasteiger partial charge in [0.1, 0.15) is 10.7 Å². The Bertz CT molecular complexity index is 630. The summed E-state index contributed by atoms with van der Waals surface area (Å²) in [5, 5.41) is 13.8. The lowest BCUT2D eigenvalue weighted by Gasteiger charge is -2.04. The van der Waals surface area contributed by atoms with Crippen LogP contribution in [0.1, 0.15) is 46.9 Å². The van der Waals surface area contributed by atoms with Gasteiger partial charge in [-0.1, -0.05) is 55.3 Å². The van der Waals surface area contributed by atoms with Crippen molar-refractivity contribution >= 4 is 17.6 Å². The Balaban J connectivity index is 2.40. The molecule has 2 rings (SSSR count). The summed E-state index contributed by atoms with van der Waals surface area (Å²) in [5.41, 5.74) is 2.84. The molecule has 4 nitrogen and oxygen atoms in total. The number of aromatic carboxylic acids is 1. The Morgan fingerprint density at radius 3 is 2.40 bits per heavy atom. The summed E-state index contributed by atoms with van der Waals surface area (Å²) in [6.07, 6.45) is 0. The maximum Gasteiger partial charge on any atom is 0.340 e. The van der Waals surface area contributed by atoms with Crippen LogP contribution in [-0.2, 0) is 6.54 Å². The van der Waals surface area contributed by atoms with Crippen molar-refractivity contribution in [3.8, 4) is 0 Å². The number of nitrogens with zero attached hydrogens (tertiary/aromatic N) is 2. The van der Waals surface area contributed by atoms with Gasteiger partial charge in [0, 0.05) is 0 Å². The minimum absolute atomic E-state index is 0.0119. The monoisotopic (exact) mass is 292 g/mol. The van der Waals surface area contributed by atoms with Gasteiger partial charge in [0.05, 0.1) is 12.2 Å². The van der Waals surface area contributed by atoms with Crippen LogP contribution in [-0.4, -0.2) is 20.9 Å². The van der Waals surface area contributed by atoms with Crippen molar-refractivity contribution in [1.29, 1.82) is 0 Å². The minimum atomic E-state index is -1.03. The number of hydrogen-bond acceptors (Lipinski definition) is 2. The van der Waals surface area contributed by atoms with E-state index >= 15 is 0 Å². The molecule has 0 amide bonds. The van der Waals surface area contributed by atoms with Crippen LogP contribution in [0.4, 0.5) is 0 Å². The Hall–Kier alpha value is -1.81. The third kappa shape index (κ3) is 2.85. The van der Waals surface area contributed by atoms with Gasteiger partial charge in [0.15, 0.2) is 0 Å². The average Bonchev–Trinajstić information content (AvgIpc) is 2.70. The highest BCUT2D eigenvalue weighted by atomic mass is 35.5. The molecule has 2 aromatic rings. The fraction of sp³-hybridized carbons (Fsp3) is 0.333. The van der Waals surface area contributed by atoms with E-state index in [1.807, 2.05) is 45.0 Å². The van der Waals surface area contributed by atoms with E-state index in [2.05, 4.69) is 5.10 Å². The number of carbonyl (C=O) groups is 1. The molecule has 0 spiro atoms. The van der Waals surface area contributed by atoms with Crippen LogP contribution in [0.2, 0.25) is 5.15 Å². The zero-order valence-corrected chi connectivity index (χ0v) is 12.5. The Morgan fingerprint density at radius 1 is 1.35 bits per heavy atom. The summed E-state index contributed by atoms with van der Waals surface area (Å²) in [6.45, 7) is 6.29. The van der Waals surface area contributed by atoms with Gasteiger partial charge in [-0.15, -0.1) is 0 Å². The largest absolute Gasteiger partial charge is 0.478 e. The van der Waals surface area contributed by atoms with Gasteiger partial charge in [0.25, 0.3) is 0 Å². The van der Waals surface area contributed by atoms with Crippen LogP contribution in [0.5, 0.6) is 0 Å². The molecule has 1 aromatic heterocycles. The number of rotatable bonds is 4. The van der Waals surface area contributed by atoms with E-state index in [0.29, 0.717) is 12.2 Å². The first-order valence-corrected chi connectivity index (χ1v) is 6.83. The van der Waals surface area contributed by atoms with Gasteiger partial charge >= 0.3 is 5.97 Å². The Morgan fingerprint density at radius 2 is 1.95 bits per heavy atom. The summed E-state index contributed by atoms with van der Waals surface area (Å²) in [4.78, 5) is 11.3. The summed E-state index contributed by atoms with van der Waals surface area (Å²) in [7, 11) is 0. The summed E-state index contributed by atoms with van der Waals surface area (Å²) >= 11 is 6.17. The molecule has 106 valence electrons. The number of aryl methyl sites for hydroxylation is 1. The first-order chi connectivity index (χ1) is 9.40. The fourth-order valence-corrected chi connectivity index (χ4v) is 2.31. The molecule has 1 heterocycles. The van der Waals surface area contributed by atoms with Crippen molar-refractivity contribution in [2.24, 2.45) is 0 Å². The van der Waals surface area contributed by atoms with E-state index < -0.39 is 5.97 Å². The zero-order chi connectivity index (χ0) is 14.9. The molecule has 0 fully saturated rings. The van der Waals surface area contributed by atoms with Crippen molar-refractivity contribution in [3.63, 3.8) is 0 Å². The summed E-state index contributed by atoms with van der Waals surface area (Å²) in [6, 6.07) is 7.99. The summed E-state index contributed by atoms with van der Waals surface area (Å²) in [5.74, 6) is -1.02. The third-order valence-corrected chi connectivity index (χ3v) is 3.52. The van der Waals surface area contributed by atoms with Gasteiger partial charge in [-0.25, -0.2) is 9.48 Å². The van der Waals surface area contributed by atoms with Crippen molar-refractivity contribution in [3.05, 3.63) is 51.8 Å². The highest BCUT2D eigenvalue weighted by Crippen LogP contribution is 2.26. The molecule has 0 aliphatic heterocycles. The maximum absolute atomic E-state index is 11.3. The van der Waals surface area contributed by atoms with Crippen molar-refractivity contribution < 1.29 is 9.90 Å². The highest BCUT2D eigenvalue weighted by Gasteiger charge is 2.23. The number of aromatic nitrogens is 2. The molecule has 0 aliphatic carbocycles. The molecule has 0 bridgehead atoms. The van der Waals surface area contributed by atoms with E-state index in [9.17, 15) is 9.90 Å². The predicted octanol–water partition coefficient (Wildman–Crippen LogP) is 3.71. The van der Waals surface area contributed by atoms with E-state index in [0.717, 1.165) is 5.56 Å². The topological polar surface area (TPSA) is 55.1 Å². The van der Waals surface area contributed by atoms with Gasteiger partial charge in [0.2, 0.25) is 0 Å². The predicted molar refractivity (Wildman–Crippen MR) is 78.6 cm³/mol. The van der Waals surface area contributed by atoms with E-state index in [-0.39, 0.29) is 16.6 Å². The van der Waals surface area contributed by atoms with E-state index in [4.69, 9.17) is 11.6 Å². The second-order valence-corrected chi connectivity index (χ2v) is 5.51. The second kappa shape index (κ2) is 5.67. The molecule has 0 unspecified atom stereocenters. The average molecular weight is 293 g/mol. The zero-order valence-electron chi connectivity index (χ0n) is 11.7. The van der Waals surface area contributed by atoms with Crippen LogP contribution < -0.4 is 0 Å². The van der Waals surface area contributed by atoms with Gasteiger partial charge in [-0.3, -0.25) is 0 Å². The molecule has 1 N–H and O–H groups in total. The number of carboxylic acid groups (broad SMARTS) is 1. The van der Waals surface area contributed by atoms with Crippen LogP contribution in [0.3, 0.4) is 0 Å². The van der Waals surface area contributed by atoms with Crippen molar-refractivity contribution in [2.75, 3.05) is 0 Å².